The van der Waals surface area contributed by atoms with Crippen molar-refractivity contribution in [3.05, 3.63) is 72.8 Å². The van der Waals surface area contributed by atoms with Crippen molar-refractivity contribution in [2.24, 2.45) is 0 Å². The summed E-state index contributed by atoms with van der Waals surface area (Å²) in [6.45, 7) is 7.57. The second-order valence-electron chi connectivity index (χ2n) is 3.66. The van der Waals surface area contributed by atoms with Crippen LogP contribution < -0.4 is 0 Å². The van der Waals surface area contributed by atoms with E-state index in [1.807, 2.05) is 12.2 Å². The van der Waals surface area contributed by atoms with Gasteiger partial charge in [-0.15, -0.1) is 0 Å². The highest BCUT2D eigenvalue weighted by atomic mass is 32.2. The number of benzene rings is 2. The van der Waals surface area contributed by atoms with Gasteiger partial charge >= 0.3 is 0 Å². The van der Waals surface area contributed by atoms with Crippen molar-refractivity contribution in [2.45, 2.75) is 9.79 Å². The summed E-state index contributed by atoms with van der Waals surface area (Å²) in [6, 6.07) is 16.7. The molecule has 0 heterocycles. The van der Waals surface area contributed by atoms with Crippen molar-refractivity contribution >= 4 is 23.9 Å². The van der Waals surface area contributed by atoms with E-state index < -0.39 is 0 Å². The monoisotopic (exact) mass is 238 g/mol. The molecule has 0 aliphatic carbocycles. The molecule has 17 heavy (non-hydrogen) atoms. The van der Waals surface area contributed by atoms with Gasteiger partial charge in [0.25, 0.3) is 0 Å². The van der Waals surface area contributed by atoms with E-state index in [2.05, 4.69) is 61.7 Å². The molecule has 2 aromatic rings. The van der Waals surface area contributed by atoms with Gasteiger partial charge in [0, 0.05) is 9.79 Å². The van der Waals surface area contributed by atoms with Crippen LogP contribution in [-0.4, -0.2) is 0 Å². The minimum atomic E-state index is 1.15. The van der Waals surface area contributed by atoms with Crippen LogP contribution in [-0.2, 0) is 0 Å². The largest absolute Gasteiger partial charge is 0.0985 e. The molecule has 0 atom stereocenters. The Labute approximate surface area is 107 Å². The third-order valence-corrected chi connectivity index (χ3v) is 3.40. The van der Waals surface area contributed by atoms with Crippen LogP contribution in [0.25, 0.3) is 12.2 Å². The maximum absolute atomic E-state index is 3.78. The molecule has 2 rings (SSSR count). The Hall–Kier alpha value is -1.73. The van der Waals surface area contributed by atoms with Gasteiger partial charge in [0.05, 0.1) is 0 Å². The molecule has 0 bridgehead atoms. The molecule has 1 heteroatoms. The second-order valence-corrected chi connectivity index (χ2v) is 4.80. The number of rotatable bonds is 4. The van der Waals surface area contributed by atoms with Crippen LogP contribution in [0.1, 0.15) is 11.1 Å². The summed E-state index contributed by atoms with van der Waals surface area (Å²) in [6.07, 6.45) is 3.73. The molecule has 84 valence electrons. The molecule has 0 aliphatic rings. The van der Waals surface area contributed by atoms with E-state index >= 15 is 0 Å². The molecule has 0 unspecified atom stereocenters. The van der Waals surface area contributed by atoms with Gasteiger partial charge in [-0.05, 0) is 35.4 Å². The first-order valence-corrected chi connectivity index (χ1v) is 6.26. The maximum Gasteiger partial charge on any atom is 0.0128 e. The van der Waals surface area contributed by atoms with E-state index in [4.69, 9.17) is 0 Å². The van der Waals surface area contributed by atoms with Crippen LogP contribution in [0.5, 0.6) is 0 Å². The van der Waals surface area contributed by atoms with Gasteiger partial charge in [0.1, 0.15) is 0 Å². The Morgan fingerprint density at radius 1 is 0.765 bits per heavy atom. The van der Waals surface area contributed by atoms with E-state index in [1.165, 1.54) is 9.79 Å². The second kappa shape index (κ2) is 5.55. The Morgan fingerprint density at radius 3 is 1.65 bits per heavy atom. The molecule has 0 nitrogen and oxygen atoms in total. The number of hydrogen-bond donors (Lipinski definition) is 0. The SMILES string of the molecule is C=Cc1cccc(Sc2cccc(C=C)c2)c1. The van der Waals surface area contributed by atoms with E-state index in [9.17, 15) is 0 Å². The van der Waals surface area contributed by atoms with Crippen molar-refractivity contribution < 1.29 is 0 Å². The summed E-state index contributed by atoms with van der Waals surface area (Å²) >= 11 is 1.75. The van der Waals surface area contributed by atoms with Gasteiger partial charge in [-0.25, -0.2) is 0 Å². The molecule has 0 saturated heterocycles. The summed E-state index contributed by atoms with van der Waals surface area (Å²) in [7, 11) is 0. The Bertz CT molecular complexity index is 491. The Balaban J connectivity index is 2.24. The van der Waals surface area contributed by atoms with Crippen LogP contribution in [0, 0.1) is 0 Å². The van der Waals surface area contributed by atoms with E-state index in [0.717, 1.165) is 11.1 Å². The predicted molar refractivity (Wildman–Crippen MR) is 77.2 cm³/mol. The van der Waals surface area contributed by atoms with Gasteiger partial charge in [-0.2, -0.15) is 0 Å². The lowest BCUT2D eigenvalue weighted by Gasteiger charge is -2.03. The first kappa shape index (κ1) is 11.7. The molecule has 0 aromatic heterocycles. The molecule has 0 saturated carbocycles. The quantitative estimate of drug-likeness (QED) is 0.712. The van der Waals surface area contributed by atoms with Crippen molar-refractivity contribution in [3.8, 4) is 0 Å². The van der Waals surface area contributed by atoms with Crippen LogP contribution in [0.3, 0.4) is 0 Å². The summed E-state index contributed by atoms with van der Waals surface area (Å²) < 4.78 is 0. The lowest BCUT2D eigenvalue weighted by Crippen LogP contribution is -1.77. The highest BCUT2D eigenvalue weighted by Gasteiger charge is 1.98. The Morgan fingerprint density at radius 2 is 1.24 bits per heavy atom. The van der Waals surface area contributed by atoms with Crippen LogP contribution in [0.15, 0.2) is 71.5 Å². The van der Waals surface area contributed by atoms with Crippen LogP contribution in [0.4, 0.5) is 0 Å². The van der Waals surface area contributed by atoms with Crippen molar-refractivity contribution in [2.75, 3.05) is 0 Å². The van der Waals surface area contributed by atoms with Gasteiger partial charge in [-0.1, -0.05) is 61.3 Å². The fraction of sp³-hybridized carbons (Fsp3) is 0. The Kier molecular flexibility index (Phi) is 3.84. The predicted octanol–water partition coefficient (Wildman–Crippen LogP) is 5.12. The fourth-order valence-corrected chi connectivity index (χ4v) is 2.50. The average Bonchev–Trinajstić information content (AvgIpc) is 2.39. The zero-order chi connectivity index (χ0) is 12.1. The maximum atomic E-state index is 3.78. The standard InChI is InChI=1S/C16H14S/c1-3-13-7-5-9-15(11-13)17-16-10-6-8-14(4-2)12-16/h3-12H,1-2H2. The van der Waals surface area contributed by atoms with E-state index in [-0.39, 0.29) is 0 Å². The number of hydrogen-bond acceptors (Lipinski definition) is 1. The smallest absolute Gasteiger partial charge is 0.0128 e. The van der Waals surface area contributed by atoms with E-state index in [0.29, 0.717) is 0 Å². The highest BCUT2D eigenvalue weighted by Crippen LogP contribution is 2.29. The lowest BCUT2D eigenvalue weighted by molar-refractivity contribution is 1.39. The van der Waals surface area contributed by atoms with Gasteiger partial charge in [0.15, 0.2) is 0 Å². The first-order chi connectivity index (χ1) is 8.31. The summed E-state index contributed by atoms with van der Waals surface area (Å²) in [5.74, 6) is 0. The molecule has 0 aliphatic heterocycles. The molecule has 0 radical (unpaired) electrons. The zero-order valence-corrected chi connectivity index (χ0v) is 10.4. The van der Waals surface area contributed by atoms with E-state index in [1.54, 1.807) is 11.8 Å². The first-order valence-electron chi connectivity index (χ1n) is 5.44. The van der Waals surface area contributed by atoms with Gasteiger partial charge in [-0.3, -0.25) is 0 Å². The van der Waals surface area contributed by atoms with Crippen molar-refractivity contribution in [1.29, 1.82) is 0 Å². The molecule has 0 spiro atoms. The van der Waals surface area contributed by atoms with Crippen molar-refractivity contribution in [3.63, 3.8) is 0 Å². The molecular formula is C16H14S. The molecule has 0 amide bonds. The fourth-order valence-electron chi connectivity index (χ4n) is 1.55. The van der Waals surface area contributed by atoms with Crippen LogP contribution >= 0.6 is 11.8 Å². The highest BCUT2D eigenvalue weighted by molar-refractivity contribution is 7.99. The topological polar surface area (TPSA) is 0 Å². The normalized spacial score (nSPS) is 9.88. The lowest BCUT2D eigenvalue weighted by atomic mass is 10.2. The molecular weight excluding hydrogens is 224 g/mol. The summed E-state index contributed by atoms with van der Waals surface area (Å²) in [5, 5.41) is 0. The minimum absolute atomic E-state index is 1.15. The summed E-state index contributed by atoms with van der Waals surface area (Å²) in [5.41, 5.74) is 2.30. The minimum Gasteiger partial charge on any atom is -0.0985 e. The van der Waals surface area contributed by atoms with Gasteiger partial charge < -0.3 is 0 Å². The zero-order valence-electron chi connectivity index (χ0n) is 9.60. The molecule has 0 N–H and O–H groups in total. The third kappa shape index (κ3) is 3.11. The van der Waals surface area contributed by atoms with Crippen molar-refractivity contribution in [1.82, 2.24) is 0 Å². The van der Waals surface area contributed by atoms with Crippen LogP contribution in [0.2, 0.25) is 0 Å². The average molecular weight is 238 g/mol. The molecule has 2 aromatic carbocycles. The molecule has 0 fully saturated rings. The summed E-state index contributed by atoms with van der Waals surface area (Å²) in [4.78, 5) is 2.45. The third-order valence-electron chi connectivity index (χ3n) is 2.42. The van der Waals surface area contributed by atoms with Gasteiger partial charge in [0.2, 0.25) is 0 Å².